The summed E-state index contributed by atoms with van der Waals surface area (Å²) in [6, 6.07) is -2.20. The predicted molar refractivity (Wildman–Crippen MR) is 398 cm³/mol. The number of ether oxygens (including phenoxy) is 13. The summed E-state index contributed by atoms with van der Waals surface area (Å²) in [5.41, 5.74) is -0.887. The van der Waals surface area contributed by atoms with Crippen molar-refractivity contribution in [1.82, 2.24) is 10.6 Å². The first kappa shape index (κ1) is 104. The average molecular weight is 1720 g/mol. The van der Waals surface area contributed by atoms with Crippen molar-refractivity contribution in [3.8, 4) is 0 Å². The number of amides is 2. The van der Waals surface area contributed by atoms with Gasteiger partial charge in [-0.15, -0.1) is 6.58 Å². The molecule has 26 N–H and O–H groups in total. The van der Waals surface area contributed by atoms with Crippen molar-refractivity contribution in [2.24, 2.45) is 11.8 Å². The summed E-state index contributed by atoms with van der Waals surface area (Å²) < 4.78 is 72.8. The molecule has 6 saturated heterocycles. The Morgan fingerprint density at radius 3 is 1.21 bits per heavy atom. The maximum Gasteiger partial charge on any atom is 0.408 e. The van der Waals surface area contributed by atoms with Crippen LogP contribution < -0.4 is 10.6 Å². The second-order valence-electron chi connectivity index (χ2n) is 31.6. The molecule has 43 nitrogen and oxygen atoms in total. The molecule has 118 heavy (non-hydrogen) atoms. The number of nitrogens with one attached hydrogen (secondary N) is 2. The Bertz CT molecular complexity index is 2960. The van der Waals surface area contributed by atoms with E-state index in [4.69, 9.17) is 61.6 Å². The molecule has 0 saturated carbocycles. The molecule has 43 heteroatoms. The summed E-state index contributed by atoms with van der Waals surface area (Å²) in [6.45, 7) is 8.27. The third-order valence-electron chi connectivity index (χ3n) is 21.5. The van der Waals surface area contributed by atoms with Gasteiger partial charge in [-0.05, 0) is 33.6 Å². The number of carboxylic acids is 2. The van der Waals surface area contributed by atoms with E-state index < -0.39 is 315 Å². The van der Waals surface area contributed by atoms with Gasteiger partial charge in [0.15, 0.2) is 25.2 Å². The van der Waals surface area contributed by atoms with Gasteiger partial charge in [0.2, 0.25) is 5.91 Å². The average Bonchev–Trinajstić information content (AvgIpc) is 0.759. The van der Waals surface area contributed by atoms with Crippen LogP contribution in [-0.4, -0.2) is 412 Å². The predicted octanol–water partition coefficient (Wildman–Crippen LogP) is -7.18. The summed E-state index contributed by atoms with van der Waals surface area (Å²) >= 11 is 0. The molecular weight excluding hydrogens is 1580 g/mol. The molecule has 688 valence electrons. The monoisotopic (exact) mass is 1720 g/mol. The van der Waals surface area contributed by atoms with Crippen LogP contribution in [-0.2, 0) is 76.0 Å². The smallest absolute Gasteiger partial charge is 0.408 e. The normalized spacial score (nSPS) is 37.5. The van der Waals surface area contributed by atoms with Crippen LogP contribution in [0.2, 0.25) is 0 Å². The molecular formula is C75H132N2O41. The molecule has 6 aliphatic rings. The Morgan fingerprint density at radius 1 is 0.492 bits per heavy atom. The molecule has 6 heterocycles. The number of hydrogen-bond donors (Lipinski definition) is 26. The fourth-order valence-corrected chi connectivity index (χ4v) is 14.2. The van der Waals surface area contributed by atoms with Crippen LogP contribution in [0.15, 0.2) is 24.8 Å². The summed E-state index contributed by atoms with van der Waals surface area (Å²) in [5.74, 6) is -12.1. The minimum Gasteiger partial charge on any atom is -0.477 e. The number of aliphatic hydroxyl groups excluding tert-OH is 22. The van der Waals surface area contributed by atoms with Crippen LogP contribution in [0.5, 0.6) is 0 Å². The third-order valence-corrected chi connectivity index (χ3v) is 21.5. The van der Waals surface area contributed by atoms with Gasteiger partial charge >= 0.3 is 18.0 Å². The number of allylic oxidation sites excluding steroid dienone is 1. The van der Waals surface area contributed by atoms with Gasteiger partial charge < -0.3 is 195 Å². The van der Waals surface area contributed by atoms with E-state index in [9.17, 15) is 142 Å². The molecule has 10 unspecified atom stereocenters. The standard InChI is InChI=1S/C43H77NO20.C32H55NO21/c1-4-6-7-8-9-10-11-12-13-14-15-16-17-18-26(48)25(44-31(51)5-2)23-59-40-35(55)34(54)38(30(22-47)61-40)62-41-36(56)39(33(53)29(21-46)60-41)64-43(42(57)58)19-27(49)24(3)37(63-43)32(52)28(50)20-45;1-6-14(37)13(33-30(47)54-31(3,4)5)11-48-27-22(43)21(42)25(18(10-36)50-27)51-28-23(44)26(20(41)17(9-35)49-28)53-32(29(45)46)7-15(38)12(2)24(52-32)19(40)16(39)8-34/h17-18,24-30,32-41,45-50,52-56H,4-16,19-23H2,1-3H3,(H,44,51)(H,57,58);6,12-28,34-44H,1,7-11H2,2-5H3,(H,33,47)(H,45,46)/b18-17+;/t24-,25+,26-,27-,28-,29?,30?,32-,33+,34-,35?,36?,37?,38-,39+,40-,41+,43+;12-,13+,14-,15-,16-,17?,18?,19-,20+,21-,22?,23?,24?,25-,26+,27-,28+,32+/m11/s1. The second-order valence-corrected chi connectivity index (χ2v) is 31.6. The summed E-state index contributed by atoms with van der Waals surface area (Å²) in [5, 5.41) is 258. The van der Waals surface area contributed by atoms with Crippen molar-refractivity contribution in [2.45, 2.75) is 358 Å². The molecule has 36 atom stereocenters. The van der Waals surface area contributed by atoms with Gasteiger partial charge in [-0.25, -0.2) is 14.4 Å². The third kappa shape index (κ3) is 28.4. The number of carboxylic acid groups (broad SMARTS) is 2. The van der Waals surface area contributed by atoms with Gasteiger partial charge in [-0.3, -0.25) is 4.79 Å². The minimum absolute atomic E-state index is 0.0948. The van der Waals surface area contributed by atoms with Crippen molar-refractivity contribution in [3.63, 3.8) is 0 Å². The number of rotatable bonds is 45. The van der Waals surface area contributed by atoms with E-state index in [1.807, 2.05) is 6.08 Å². The van der Waals surface area contributed by atoms with Crippen molar-refractivity contribution >= 4 is 23.9 Å². The molecule has 0 aromatic heterocycles. The van der Waals surface area contributed by atoms with E-state index in [1.165, 1.54) is 65.2 Å². The topological polar surface area (TPSA) is 698 Å². The van der Waals surface area contributed by atoms with Gasteiger partial charge in [0, 0.05) is 31.1 Å². The first-order valence-corrected chi connectivity index (χ1v) is 40.1. The molecule has 6 fully saturated rings. The van der Waals surface area contributed by atoms with Gasteiger partial charge in [-0.2, -0.15) is 0 Å². The van der Waals surface area contributed by atoms with Crippen LogP contribution in [0.1, 0.15) is 145 Å². The van der Waals surface area contributed by atoms with Crippen molar-refractivity contribution in [2.75, 3.05) is 52.9 Å². The van der Waals surface area contributed by atoms with Crippen LogP contribution in [0.4, 0.5) is 4.79 Å². The van der Waals surface area contributed by atoms with E-state index in [0.29, 0.717) is 6.42 Å². The van der Waals surface area contributed by atoms with Gasteiger partial charge in [-0.1, -0.05) is 110 Å². The first-order valence-electron chi connectivity index (χ1n) is 40.1. The Balaban J connectivity index is 0.000000426. The second kappa shape index (κ2) is 49.5. The summed E-state index contributed by atoms with van der Waals surface area (Å²) in [6.07, 6.45) is -38.2. The van der Waals surface area contributed by atoms with Crippen LogP contribution in [0.25, 0.3) is 0 Å². The Labute approximate surface area is 683 Å². The Kier molecular flexibility index (Phi) is 43.8. The number of aliphatic hydroxyl groups is 22. The number of hydrogen-bond acceptors (Lipinski definition) is 39. The number of carbonyl (C=O) groups excluding carboxylic acids is 2. The zero-order valence-electron chi connectivity index (χ0n) is 67.5. The highest BCUT2D eigenvalue weighted by atomic mass is 16.8. The van der Waals surface area contributed by atoms with Crippen molar-refractivity contribution in [1.29, 1.82) is 0 Å². The molecule has 0 bridgehead atoms. The van der Waals surface area contributed by atoms with E-state index >= 15 is 0 Å². The Morgan fingerprint density at radius 2 is 0.864 bits per heavy atom. The van der Waals surface area contributed by atoms with Gasteiger partial charge in [0.05, 0.1) is 102 Å². The number of unbranched alkanes of at least 4 members (excludes halogenated alkanes) is 11. The molecule has 0 aromatic rings. The zero-order chi connectivity index (χ0) is 88.4. The Hall–Kier alpha value is -4.20. The molecule has 0 aromatic carbocycles. The highest BCUT2D eigenvalue weighted by Crippen LogP contribution is 2.43. The van der Waals surface area contributed by atoms with E-state index in [1.54, 1.807) is 33.8 Å². The van der Waals surface area contributed by atoms with Crippen molar-refractivity contribution in [3.05, 3.63) is 24.8 Å². The van der Waals surface area contributed by atoms with E-state index in [2.05, 4.69) is 24.1 Å². The quantitative estimate of drug-likeness (QED) is 0.0199. The SMILES string of the molecule is C=C[C@@H](O)[C@H](CO[C@@H]1OC(CO)[C@@H](O[C@@H]2OC(CO)[C@H](O)[C@H](O[C@]3(C(=O)O)C[C@@H](O)[C@@H](C)C([C@H](O)[C@H](O)CO)O3)C2O)[C@H](O)C1O)NC(=O)OC(C)(C)C.CCCCCCCCCCCCC/C=C/[C@@H](O)[C@H](CO[C@@H]1OC(CO)[C@@H](O[C@@H]2OC(CO)[C@H](O)[C@H](O[C@]3(C(=O)O)C[C@@H](O)[C@@H](C)C([C@H](O)[C@H](O)CO)O3)C2O)[C@H](O)C1O)NC(=O)CC. The maximum atomic E-state index is 12.7. The van der Waals surface area contributed by atoms with Crippen molar-refractivity contribution < 1.29 is 203 Å². The molecule has 0 radical (unpaired) electrons. The molecule has 6 aliphatic heterocycles. The molecule has 2 amide bonds. The summed E-state index contributed by atoms with van der Waals surface area (Å²) in [4.78, 5) is 50.0. The lowest BCUT2D eigenvalue weighted by atomic mass is 9.84. The van der Waals surface area contributed by atoms with E-state index in [0.717, 1.165) is 25.3 Å². The molecule has 0 aliphatic carbocycles. The number of aliphatic carboxylic acids is 2. The molecule has 0 spiro atoms. The van der Waals surface area contributed by atoms with E-state index in [-0.39, 0.29) is 6.42 Å². The fraction of sp³-hybridized carbons (Fsp3) is 0.893. The largest absolute Gasteiger partial charge is 0.477 e. The maximum absolute atomic E-state index is 12.7. The zero-order valence-corrected chi connectivity index (χ0v) is 67.5. The number of carbonyl (C=O) groups is 4. The highest BCUT2D eigenvalue weighted by Gasteiger charge is 2.62. The lowest BCUT2D eigenvalue weighted by Gasteiger charge is -2.50. The first-order chi connectivity index (χ1) is 55.6. The lowest BCUT2D eigenvalue weighted by Crippen LogP contribution is -2.68. The van der Waals surface area contributed by atoms with Crippen LogP contribution >= 0.6 is 0 Å². The van der Waals surface area contributed by atoms with Crippen LogP contribution in [0.3, 0.4) is 0 Å². The molecule has 6 rings (SSSR count). The minimum atomic E-state index is -2.92. The summed E-state index contributed by atoms with van der Waals surface area (Å²) in [7, 11) is 0. The highest BCUT2D eigenvalue weighted by molar-refractivity contribution is 5.77. The van der Waals surface area contributed by atoms with Crippen LogP contribution in [0, 0.1) is 11.8 Å². The lowest BCUT2D eigenvalue weighted by molar-refractivity contribution is -0.388. The number of alkyl carbamates (subject to hydrolysis) is 1. The van der Waals surface area contributed by atoms with Gasteiger partial charge in [0.25, 0.3) is 11.6 Å². The van der Waals surface area contributed by atoms with Gasteiger partial charge in [0.1, 0.15) is 128 Å². The fourth-order valence-electron chi connectivity index (χ4n) is 14.2.